The molecule has 0 aromatic rings. The van der Waals surface area contributed by atoms with Crippen LogP contribution in [0.5, 0.6) is 0 Å². The second-order valence-electron chi connectivity index (χ2n) is 7.23. The fourth-order valence-electron chi connectivity index (χ4n) is 3.66. The van der Waals surface area contributed by atoms with Crippen LogP contribution in [0.3, 0.4) is 0 Å². The Hall–Kier alpha value is -0.160. The summed E-state index contributed by atoms with van der Waals surface area (Å²) in [7, 11) is 1.75. The van der Waals surface area contributed by atoms with E-state index >= 15 is 0 Å². The van der Waals surface area contributed by atoms with Crippen LogP contribution in [0.2, 0.25) is 0 Å². The van der Waals surface area contributed by atoms with Gasteiger partial charge in [0.2, 0.25) is 0 Å². The Labute approximate surface area is 131 Å². The van der Waals surface area contributed by atoms with Crippen molar-refractivity contribution in [2.45, 2.75) is 52.5 Å². The predicted octanol–water partition coefficient (Wildman–Crippen LogP) is 2.12. The van der Waals surface area contributed by atoms with Gasteiger partial charge < -0.3 is 15.2 Å². The molecular formula is C17H36N2O2. The highest BCUT2D eigenvalue weighted by molar-refractivity contribution is 4.90. The quantitative estimate of drug-likeness (QED) is 0.649. The van der Waals surface area contributed by atoms with E-state index in [0.717, 1.165) is 38.7 Å². The minimum Gasteiger partial charge on any atom is -0.395 e. The lowest BCUT2D eigenvalue weighted by atomic mass is 9.69. The number of hydrogen-bond acceptors (Lipinski definition) is 4. The molecule has 0 aliphatic heterocycles. The van der Waals surface area contributed by atoms with Crippen molar-refractivity contribution in [1.82, 2.24) is 10.2 Å². The standard InChI is InChI=1S/C17H36N2O2/c1-15(2)18-13-17(7-5-6-16(3)12-17)14-19(8-10-20)9-11-21-4/h15-16,18,20H,5-14H2,1-4H3. The Morgan fingerprint density at radius 2 is 2.14 bits per heavy atom. The topological polar surface area (TPSA) is 44.7 Å². The van der Waals surface area contributed by atoms with Crippen LogP contribution in [0.4, 0.5) is 0 Å². The molecule has 1 aliphatic carbocycles. The minimum atomic E-state index is 0.229. The molecule has 4 nitrogen and oxygen atoms in total. The van der Waals surface area contributed by atoms with Crippen LogP contribution in [0, 0.1) is 11.3 Å². The van der Waals surface area contributed by atoms with Crippen LogP contribution in [-0.4, -0.2) is 62.6 Å². The zero-order valence-corrected chi connectivity index (χ0v) is 14.5. The van der Waals surface area contributed by atoms with Gasteiger partial charge in [0.05, 0.1) is 13.2 Å². The molecule has 1 saturated carbocycles. The SMILES string of the molecule is COCCN(CCO)CC1(CNC(C)C)CCCC(C)C1. The first-order valence-corrected chi connectivity index (χ1v) is 8.57. The van der Waals surface area contributed by atoms with Crippen molar-refractivity contribution in [2.75, 3.05) is 46.5 Å². The van der Waals surface area contributed by atoms with Crippen LogP contribution in [0.15, 0.2) is 0 Å². The average molecular weight is 300 g/mol. The number of aliphatic hydroxyl groups excluding tert-OH is 1. The van der Waals surface area contributed by atoms with Crippen molar-refractivity contribution >= 4 is 0 Å². The van der Waals surface area contributed by atoms with E-state index in [1.54, 1.807) is 7.11 Å². The maximum Gasteiger partial charge on any atom is 0.0589 e. The Kier molecular flexibility index (Phi) is 8.79. The molecule has 0 bridgehead atoms. The van der Waals surface area contributed by atoms with E-state index in [0.29, 0.717) is 11.5 Å². The normalized spacial score (nSPS) is 26.7. The molecule has 0 amide bonds. The lowest BCUT2D eigenvalue weighted by Gasteiger charge is -2.44. The maximum atomic E-state index is 9.32. The highest BCUT2D eigenvalue weighted by atomic mass is 16.5. The number of ether oxygens (including phenoxy) is 1. The molecule has 2 unspecified atom stereocenters. The predicted molar refractivity (Wildman–Crippen MR) is 88.6 cm³/mol. The number of aliphatic hydroxyl groups is 1. The molecule has 0 aromatic carbocycles. The first kappa shape index (κ1) is 18.9. The van der Waals surface area contributed by atoms with Gasteiger partial charge in [0.25, 0.3) is 0 Å². The van der Waals surface area contributed by atoms with Crippen LogP contribution >= 0.6 is 0 Å². The molecule has 21 heavy (non-hydrogen) atoms. The summed E-state index contributed by atoms with van der Waals surface area (Å²) in [4.78, 5) is 2.38. The molecule has 4 heteroatoms. The van der Waals surface area contributed by atoms with E-state index in [2.05, 4.69) is 31.0 Å². The van der Waals surface area contributed by atoms with Gasteiger partial charge in [-0.1, -0.05) is 33.6 Å². The second-order valence-corrected chi connectivity index (χ2v) is 7.23. The van der Waals surface area contributed by atoms with Crippen molar-refractivity contribution in [3.05, 3.63) is 0 Å². The smallest absolute Gasteiger partial charge is 0.0589 e. The largest absolute Gasteiger partial charge is 0.395 e. The Bertz CT molecular complexity index is 274. The van der Waals surface area contributed by atoms with E-state index < -0.39 is 0 Å². The third-order valence-electron chi connectivity index (χ3n) is 4.66. The van der Waals surface area contributed by atoms with E-state index in [9.17, 15) is 5.11 Å². The van der Waals surface area contributed by atoms with Crippen LogP contribution in [0.25, 0.3) is 0 Å². The zero-order valence-electron chi connectivity index (χ0n) is 14.5. The van der Waals surface area contributed by atoms with Crippen LogP contribution in [0.1, 0.15) is 46.5 Å². The van der Waals surface area contributed by atoms with E-state index in [1.165, 1.54) is 25.7 Å². The highest BCUT2D eigenvalue weighted by Gasteiger charge is 2.36. The molecule has 0 spiro atoms. The summed E-state index contributed by atoms with van der Waals surface area (Å²) in [6, 6.07) is 0.532. The van der Waals surface area contributed by atoms with Gasteiger partial charge >= 0.3 is 0 Å². The van der Waals surface area contributed by atoms with Crippen LogP contribution < -0.4 is 5.32 Å². The molecule has 1 fully saturated rings. The number of nitrogens with zero attached hydrogens (tertiary/aromatic N) is 1. The fraction of sp³-hybridized carbons (Fsp3) is 1.00. The number of nitrogens with one attached hydrogen (secondary N) is 1. The summed E-state index contributed by atoms with van der Waals surface area (Å²) in [6.07, 6.45) is 5.29. The Morgan fingerprint density at radius 1 is 1.38 bits per heavy atom. The van der Waals surface area contributed by atoms with Crippen molar-refractivity contribution in [1.29, 1.82) is 0 Å². The van der Waals surface area contributed by atoms with Crippen molar-refractivity contribution in [3.8, 4) is 0 Å². The van der Waals surface area contributed by atoms with Gasteiger partial charge in [-0.05, 0) is 24.2 Å². The average Bonchev–Trinajstić information content (AvgIpc) is 2.43. The lowest BCUT2D eigenvalue weighted by Crippen LogP contribution is -2.49. The third kappa shape index (κ3) is 7.09. The molecule has 0 heterocycles. The van der Waals surface area contributed by atoms with Gasteiger partial charge in [-0.3, -0.25) is 4.90 Å². The molecule has 126 valence electrons. The Morgan fingerprint density at radius 3 is 2.71 bits per heavy atom. The number of rotatable bonds is 10. The summed E-state index contributed by atoms with van der Waals surface area (Å²) in [5.41, 5.74) is 0.352. The molecule has 2 N–H and O–H groups in total. The Balaban J connectivity index is 2.68. The minimum absolute atomic E-state index is 0.229. The van der Waals surface area contributed by atoms with Gasteiger partial charge in [-0.2, -0.15) is 0 Å². The van der Waals surface area contributed by atoms with E-state index in [-0.39, 0.29) is 6.61 Å². The summed E-state index contributed by atoms with van der Waals surface area (Å²) in [5, 5.41) is 13.0. The monoisotopic (exact) mass is 300 g/mol. The van der Waals surface area contributed by atoms with Gasteiger partial charge in [-0.25, -0.2) is 0 Å². The van der Waals surface area contributed by atoms with Crippen molar-refractivity contribution in [3.63, 3.8) is 0 Å². The molecule has 0 saturated heterocycles. The van der Waals surface area contributed by atoms with E-state index in [1.807, 2.05) is 0 Å². The first-order chi connectivity index (χ1) is 10.0. The molecule has 0 radical (unpaired) electrons. The van der Waals surface area contributed by atoms with Gasteiger partial charge in [0, 0.05) is 39.3 Å². The third-order valence-corrected chi connectivity index (χ3v) is 4.66. The summed E-state index contributed by atoms with van der Waals surface area (Å²) in [6.45, 7) is 11.6. The number of hydrogen-bond donors (Lipinski definition) is 2. The molecule has 1 aliphatic rings. The molecule has 1 rings (SSSR count). The molecule has 2 atom stereocenters. The fourth-order valence-corrected chi connectivity index (χ4v) is 3.66. The van der Waals surface area contributed by atoms with Gasteiger partial charge in [0.15, 0.2) is 0 Å². The number of methoxy groups -OCH3 is 1. The van der Waals surface area contributed by atoms with Crippen molar-refractivity contribution < 1.29 is 9.84 Å². The first-order valence-electron chi connectivity index (χ1n) is 8.57. The lowest BCUT2D eigenvalue weighted by molar-refractivity contribution is 0.0534. The summed E-state index contributed by atoms with van der Waals surface area (Å²) < 4.78 is 5.22. The molecule has 0 aromatic heterocycles. The van der Waals surface area contributed by atoms with Gasteiger partial charge in [-0.15, -0.1) is 0 Å². The van der Waals surface area contributed by atoms with Crippen LogP contribution in [-0.2, 0) is 4.74 Å². The van der Waals surface area contributed by atoms with Crippen molar-refractivity contribution in [2.24, 2.45) is 11.3 Å². The summed E-state index contributed by atoms with van der Waals surface area (Å²) in [5.74, 6) is 0.811. The second kappa shape index (κ2) is 9.78. The highest BCUT2D eigenvalue weighted by Crippen LogP contribution is 2.39. The summed E-state index contributed by atoms with van der Waals surface area (Å²) >= 11 is 0. The molecular weight excluding hydrogens is 264 g/mol. The zero-order chi connectivity index (χ0) is 15.7. The van der Waals surface area contributed by atoms with Gasteiger partial charge in [0.1, 0.15) is 0 Å². The maximum absolute atomic E-state index is 9.32. The van der Waals surface area contributed by atoms with E-state index in [4.69, 9.17) is 4.74 Å².